The van der Waals surface area contributed by atoms with E-state index in [9.17, 15) is 4.79 Å². The summed E-state index contributed by atoms with van der Waals surface area (Å²) in [6.07, 6.45) is 14.7. The highest BCUT2D eigenvalue weighted by Gasteiger charge is 2.32. The molecule has 6 rings (SSSR count). The van der Waals surface area contributed by atoms with Gasteiger partial charge in [0.1, 0.15) is 23.8 Å². The number of carbonyl (C=O) groups excluding carboxylic acids is 1. The molecule has 1 amide bonds. The third kappa shape index (κ3) is 4.69. The molecular formula is C27H39N7O. The van der Waals surface area contributed by atoms with Gasteiger partial charge in [0, 0.05) is 56.2 Å². The van der Waals surface area contributed by atoms with Crippen LogP contribution in [0.15, 0.2) is 12.5 Å². The standard InChI is InChI=1S/C27H39N7O/c1-19-16-23(35)31-25-24(19)27(29-18-28-25)33-12-8-21(9-13-33)26-30-22(20-6-2-3-7-20)17-34(26)15-14-32-10-4-5-11-32/h17-21H,2-16H2,1H3,(H,28,29,31,35)/t19-/m1/s1. The van der Waals surface area contributed by atoms with Crippen molar-refractivity contribution in [3.63, 3.8) is 0 Å². The van der Waals surface area contributed by atoms with Crippen LogP contribution in [0.2, 0.25) is 0 Å². The van der Waals surface area contributed by atoms with Crippen molar-refractivity contribution in [1.29, 1.82) is 0 Å². The van der Waals surface area contributed by atoms with E-state index < -0.39 is 0 Å². The number of piperidine rings is 1. The van der Waals surface area contributed by atoms with Crippen molar-refractivity contribution < 1.29 is 4.79 Å². The number of nitrogens with zero attached hydrogens (tertiary/aromatic N) is 6. The van der Waals surface area contributed by atoms with Gasteiger partial charge in [0.25, 0.3) is 0 Å². The number of rotatable bonds is 6. The Bertz CT molecular complexity index is 1050. The summed E-state index contributed by atoms with van der Waals surface area (Å²) in [5.41, 5.74) is 2.44. The molecular weight excluding hydrogens is 438 g/mol. The SMILES string of the molecule is C[C@@H]1CC(=O)Nc2ncnc(N3CCC(c4nc(C5CCCC5)cn4CCN4CCCC4)CC3)c21. The highest BCUT2D eigenvalue weighted by Crippen LogP contribution is 2.39. The summed E-state index contributed by atoms with van der Waals surface area (Å²) in [5.74, 6) is 4.36. The van der Waals surface area contributed by atoms with Gasteiger partial charge in [-0.1, -0.05) is 19.8 Å². The molecule has 2 saturated heterocycles. The maximum Gasteiger partial charge on any atom is 0.226 e. The van der Waals surface area contributed by atoms with E-state index in [1.165, 1.54) is 63.1 Å². The van der Waals surface area contributed by atoms with Crippen LogP contribution in [0, 0.1) is 0 Å². The Morgan fingerprint density at radius 3 is 2.49 bits per heavy atom. The van der Waals surface area contributed by atoms with Crippen LogP contribution in [-0.2, 0) is 11.3 Å². The summed E-state index contributed by atoms with van der Waals surface area (Å²) in [7, 11) is 0. The van der Waals surface area contributed by atoms with Crippen LogP contribution in [-0.4, -0.2) is 63.0 Å². The minimum atomic E-state index is 0.0483. The molecule has 0 spiro atoms. The van der Waals surface area contributed by atoms with Gasteiger partial charge in [-0.05, 0) is 57.5 Å². The number of imidazole rings is 1. The molecule has 3 fully saturated rings. The summed E-state index contributed by atoms with van der Waals surface area (Å²) < 4.78 is 2.51. The third-order valence-electron chi connectivity index (χ3n) is 8.72. The number of aromatic nitrogens is 4. The maximum absolute atomic E-state index is 12.0. The number of carbonyl (C=O) groups is 1. The molecule has 0 unspecified atom stereocenters. The molecule has 2 aromatic rings. The molecule has 1 saturated carbocycles. The summed E-state index contributed by atoms with van der Waals surface area (Å²) in [5, 5.41) is 2.94. The monoisotopic (exact) mass is 477 g/mol. The molecule has 1 N–H and O–H groups in total. The molecule has 3 aliphatic heterocycles. The van der Waals surface area contributed by atoms with Gasteiger partial charge in [-0.3, -0.25) is 4.79 Å². The zero-order valence-corrected chi connectivity index (χ0v) is 21.1. The Hall–Kier alpha value is -2.48. The summed E-state index contributed by atoms with van der Waals surface area (Å²) in [4.78, 5) is 31.3. The van der Waals surface area contributed by atoms with Crippen molar-refractivity contribution >= 4 is 17.5 Å². The first-order valence-electron chi connectivity index (χ1n) is 13.8. The van der Waals surface area contributed by atoms with Crippen molar-refractivity contribution in [3.8, 4) is 0 Å². The van der Waals surface area contributed by atoms with Gasteiger partial charge in [-0.2, -0.15) is 0 Å². The molecule has 5 heterocycles. The normalized spacial score (nSPS) is 24.2. The predicted octanol–water partition coefficient (Wildman–Crippen LogP) is 4.26. The maximum atomic E-state index is 12.0. The zero-order chi connectivity index (χ0) is 23.8. The smallest absolute Gasteiger partial charge is 0.226 e. The van der Waals surface area contributed by atoms with E-state index >= 15 is 0 Å². The van der Waals surface area contributed by atoms with E-state index in [0.717, 1.165) is 50.4 Å². The Morgan fingerprint density at radius 2 is 1.71 bits per heavy atom. The summed E-state index contributed by atoms with van der Waals surface area (Å²) in [6, 6.07) is 0. The number of likely N-dealkylation sites (tertiary alicyclic amines) is 1. The van der Waals surface area contributed by atoms with E-state index in [2.05, 4.69) is 42.8 Å². The number of hydrogen-bond donors (Lipinski definition) is 1. The average molecular weight is 478 g/mol. The fourth-order valence-electron chi connectivity index (χ4n) is 6.73. The van der Waals surface area contributed by atoms with Crippen molar-refractivity contribution in [3.05, 3.63) is 29.6 Å². The number of fused-ring (bicyclic) bond motifs is 1. The number of amides is 1. The Kier molecular flexibility index (Phi) is 6.48. The fraction of sp³-hybridized carbons (Fsp3) is 0.704. The van der Waals surface area contributed by atoms with Crippen LogP contribution in [0.4, 0.5) is 11.6 Å². The van der Waals surface area contributed by atoms with Crippen LogP contribution in [0.5, 0.6) is 0 Å². The fourth-order valence-corrected chi connectivity index (χ4v) is 6.73. The van der Waals surface area contributed by atoms with Crippen LogP contribution in [0.25, 0.3) is 0 Å². The second kappa shape index (κ2) is 9.88. The summed E-state index contributed by atoms with van der Waals surface area (Å²) >= 11 is 0. The number of hydrogen-bond acceptors (Lipinski definition) is 6. The molecule has 8 heteroatoms. The van der Waals surface area contributed by atoms with Gasteiger partial charge in [-0.25, -0.2) is 15.0 Å². The molecule has 0 aromatic carbocycles. The minimum absolute atomic E-state index is 0.0483. The van der Waals surface area contributed by atoms with Crippen molar-refractivity contribution in [2.75, 3.05) is 42.9 Å². The van der Waals surface area contributed by atoms with Crippen LogP contribution in [0.3, 0.4) is 0 Å². The van der Waals surface area contributed by atoms with E-state index in [-0.39, 0.29) is 11.8 Å². The molecule has 0 bridgehead atoms. The van der Waals surface area contributed by atoms with E-state index in [4.69, 9.17) is 4.98 Å². The second-order valence-electron chi connectivity index (χ2n) is 11.1. The lowest BCUT2D eigenvalue weighted by Gasteiger charge is -2.35. The molecule has 1 atom stereocenters. The van der Waals surface area contributed by atoms with E-state index in [1.807, 2.05) is 0 Å². The lowest BCUT2D eigenvalue weighted by atomic mass is 9.92. The van der Waals surface area contributed by atoms with E-state index in [0.29, 0.717) is 24.1 Å². The molecule has 1 aliphatic carbocycles. The number of anilines is 2. The van der Waals surface area contributed by atoms with Crippen LogP contribution < -0.4 is 10.2 Å². The predicted molar refractivity (Wildman–Crippen MR) is 137 cm³/mol. The first-order valence-corrected chi connectivity index (χ1v) is 13.8. The van der Waals surface area contributed by atoms with Gasteiger partial charge in [0.05, 0.1) is 5.69 Å². The first kappa shape index (κ1) is 23.0. The highest BCUT2D eigenvalue weighted by atomic mass is 16.1. The Morgan fingerprint density at radius 1 is 0.943 bits per heavy atom. The van der Waals surface area contributed by atoms with Crippen LogP contribution >= 0.6 is 0 Å². The van der Waals surface area contributed by atoms with Gasteiger partial charge in [0.15, 0.2) is 0 Å². The second-order valence-corrected chi connectivity index (χ2v) is 11.1. The molecule has 2 aromatic heterocycles. The van der Waals surface area contributed by atoms with Crippen LogP contribution in [0.1, 0.15) is 99.5 Å². The quantitative estimate of drug-likeness (QED) is 0.670. The van der Waals surface area contributed by atoms with E-state index in [1.54, 1.807) is 6.33 Å². The number of nitrogens with one attached hydrogen (secondary N) is 1. The lowest BCUT2D eigenvalue weighted by molar-refractivity contribution is -0.116. The average Bonchev–Trinajstić information content (AvgIpc) is 3.64. The first-order chi connectivity index (χ1) is 17.2. The van der Waals surface area contributed by atoms with Gasteiger partial charge in [-0.15, -0.1) is 0 Å². The zero-order valence-electron chi connectivity index (χ0n) is 21.1. The van der Waals surface area contributed by atoms with Crippen molar-refractivity contribution in [2.24, 2.45) is 0 Å². The van der Waals surface area contributed by atoms with Gasteiger partial charge in [0.2, 0.25) is 5.91 Å². The molecule has 0 radical (unpaired) electrons. The largest absolute Gasteiger partial charge is 0.356 e. The van der Waals surface area contributed by atoms with Gasteiger partial charge >= 0.3 is 0 Å². The summed E-state index contributed by atoms with van der Waals surface area (Å²) in [6.45, 7) is 8.74. The third-order valence-corrected chi connectivity index (χ3v) is 8.72. The highest BCUT2D eigenvalue weighted by molar-refractivity contribution is 5.94. The Balaban J connectivity index is 1.18. The molecule has 8 nitrogen and oxygen atoms in total. The molecule has 188 valence electrons. The molecule has 4 aliphatic rings. The van der Waals surface area contributed by atoms with Crippen molar-refractivity contribution in [1.82, 2.24) is 24.4 Å². The minimum Gasteiger partial charge on any atom is -0.356 e. The van der Waals surface area contributed by atoms with Crippen molar-refractivity contribution in [2.45, 2.75) is 89.0 Å². The molecule has 35 heavy (non-hydrogen) atoms. The van der Waals surface area contributed by atoms with Gasteiger partial charge < -0.3 is 19.7 Å². The Labute approximate surface area is 208 Å². The lowest BCUT2D eigenvalue weighted by Crippen LogP contribution is -2.36. The topological polar surface area (TPSA) is 79.2 Å².